The maximum Gasteiger partial charge on any atom is 0.410 e. The number of aromatic nitrogens is 3. The molecule has 72 heavy (non-hydrogen) atoms. The van der Waals surface area contributed by atoms with E-state index in [2.05, 4.69) is 80.6 Å². The third-order valence-electron chi connectivity index (χ3n) is 11.3. The smallest absolute Gasteiger partial charge is 0.410 e. The molecule has 0 aromatic carbocycles. The highest BCUT2D eigenvalue weighted by molar-refractivity contribution is 9.11. The van der Waals surface area contributed by atoms with Crippen LogP contribution in [0.2, 0.25) is 0 Å². The van der Waals surface area contributed by atoms with Gasteiger partial charge in [-0.3, -0.25) is 0 Å². The van der Waals surface area contributed by atoms with Crippen LogP contribution in [0, 0.1) is 0 Å². The zero-order chi connectivity index (χ0) is 53.3. The molecule has 0 radical (unpaired) electrons. The Hall–Kier alpha value is -2.13. The topological polar surface area (TPSA) is 155 Å². The standard InChI is InChI=1S/3C17H25BrN2O3.H4P2.H3P/c3*1-5-22-17(13-7-8-14(18)19-11-13)9-6-10-20(12-17)15(21)23-16(2,3)4;1-2;/h3*7-8,11H,5-6,9-10,12H2,1-4H3;1-2H2;1H3/t2*17-;;;/m10.../s1. The lowest BCUT2D eigenvalue weighted by Gasteiger charge is -2.42. The summed E-state index contributed by atoms with van der Waals surface area (Å²) in [5, 5.41) is 0. The van der Waals surface area contributed by atoms with Gasteiger partial charge in [0.2, 0.25) is 0 Å². The lowest BCUT2D eigenvalue weighted by Crippen LogP contribution is -2.51. The molecule has 0 spiro atoms. The summed E-state index contributed by atoms with van der Waals surface area (Å²) in [6, 6.07) is 11.7. The van der Waals surface area contributed by atoms with Crippen LogP contribution in [0.25, 0.3) is 0 Å². The molecule has 3 fully saturated rings. The number of piperidine rings is 3. The van der Waals surface area contributed by atoms with E-state index in [1.807, 2.05) is 138 Å². The largest absolute Gasteiger partial charge is 0.444 e. The number of ether oxygens (including phenoxy) is 6. The Morgan fingerprint density at radius 2 is 0.736 bits per heavy atom. The highest BCUT2D eigenvalue weighted by Gasteiger charge is 2.43. The number of rotatable bonds is 9. The van der Waals surface area contributed by atoms with E-state index in [4.69, 9.17) is 28.4 Å². The minimum Gasteiger partial charge on any atom is -0.444 e. The van der Waals surface area contributed by atoms with E-state index < -0.39 is 33.6 Å². The van der Waals surface area contributed by atoms with Crippen molar-refractivity contribution in [2.75, 3.05) is 59.1 Å². The number of likely N-dealkylation sites (tertiary alicyclic amines) is 3. The SMILES string of the molecule is CCOC1(c2ccc(Br)nc2)CCCN(C(=O)OC(C)(C)C)C1.CCO[C@@]1(c2ccc(Br)nc2)CCCN(C(=O)OC(C)(C)C)C1.CCO[C@]1(c2ccc(Br)nc2)CCCN(C(=O)OC(C)(C)C)C1.P.PP. The predicted octanol–water partition coefficient (Wildman–Crippen LogP) is 13.0. The number of hydrogen-bond acceptors (Lipinski definition) is 12. The van der Waals surface area contributed by atoms with Crippen LogP contribution >= 0.6 is 75.5 Å². The van der Waals surface area contributed by atoms with Crippen molar-refractivity contribution in [2.45, 2.75) is 155 Å². The molecule has 4 unspecified atom stereocenters. The minimum absolute atomic E-state index is 0. The first-order chi connectivity index (χ1) is 33.3. The van der Waals surface area contributed by atoms with E-state index in [0.29, 0.717) is 59.1 Å². The summed E-state index contributed by atoms with van der Waals surface area (Å²) in [6.45, 7) is 28.1. The zero-order valence-electron chi connectivity index (χ0n) is 44.7. The van der Waals surface area contributed by atoms with Gasteiger partial charge in [0.15, 0.2) is 0 Å². The molecule has 3 amide bonds. The molecule has 3 aromatic rings. The maximum absolute atomic E-state index is 12.4. The van der Waals surface area contributed by atoms with E-state index in [1.54, 1.807) is 14.7 Å². The van der Waals surface area contributed by atoms with Crippen LogP contribution < -0.4 is 0 Å². The molecule has 0 aliphatic carbocycles. The molecule has 3 aliphatic rings. The minimum atomic E-state index is -0.516. The molecular weight excluding hydrogens is 1170 g/mol. The van der Waals surface area contributed by atoms with Gasteiger partial charge in [0.05, 0.1) is 19.6 Å². The number of carbonyl (C=O) groups is 3. The van der Waals surface area contributed by atoms with Crippen molar-refractivity contribution in [3.05, 3.63) is 85.5 Å². The predicted molar refractivity (Wildman–Crippen MR) is 307 cm³/mol. The molecule has 6 heterocycles. The van der Waals surface area contributed by atoms with Gasteiger partial charge >= 0.3 is 18.3 Å². The molecule has 3 aromatic heterocycles. The lowest BCUT2D eigenvalue weighted by atomic mass is 9.86. The maximum atomic E-state index is 12.4. The molecule has 6 rings (SSSR count). The van der Waals surface area contributed by atoms with Gasteiger partial charge in [-0.2, -0.15) is 9.90 Å². The van der Waals surface area contributed by atoms with Gasteiger partial charge in [-0.1, -0.05) is 18.2 Å². The van der Waals surface area contributed by atoms with E-state index in [9.17, 15) is 14.4 Å². The fourth-order valence-corrected chi connectivity index (χ4v) is 9.29. The van der Waals surface area contributed by atoms with Crippen molar-refractivity contribution in [2.24, 2.45) is 0 Å². The quantitative estimate of drug-likeness (QED) is 0.114. The van der Waals surface area contributed by atoms with Crippen LogP contribution in [0.4, 0.5) is 14.4 Å². The number of halogens is 3. The van der Waals surface area contributed by atoms with Gasteiger partial charge in [0.25, 0.3) is 0 Å². The monoisotopic (exact) mass is 1250 g/mol. The Labute approximate surface area is 463 Å². The van der Waals surface area contributed by atoms with E-state index in [0.717, 1.165) is 69.0 Å². The molecule has 6 atom stereocenters. The highest BCUT2D eigenvalue weighted by Crippen LogP contribution is 2.39. The molecule has 0 N–H and O–H groups in total. The summed E-state index contributed by atoms with van der Waals surface area (Å²) in [5.41, 5.74) is -0.0546. The van der Waals surface area contributed by atoms with Crippen molar-refractivity contribution in [1.82, 2.24) is 29.7 Å². The van der Waals surface area contributed by atoms with Crippen LogP contribution in [0.1, 0.15) is 138 Å². The van der Waals surface area contributed by atoms with Gasteiger partial charge in [-0.15, -0.1) is 17.9 Å². The van der Waals surface area contributed by atoms with Crippen molar-refractivity contribution in [3.8, 4) is 0 Å². The average molecular weight is 1260 g/mol. The molecule has 15 nitrogen and oxygen atoms in total. The molecule has 0 saturated carbocycles. The number of hydrogen-bond donors (Lipinski definition) is 0. The fraction of sp³-hybridized carbons (Fsp3) is 0.647. The van der Waals surface area contributed by atoms with E-state index >= 15 is 0 Å². The van der Waals surface area contributed by atoms with Gasteiger partial charge < -0.3 is 43.1 Å². The Morgan fingerprint density at radius 1 is 0.500 bits per heavy atom. The first-order valence-electron chi connectivity index (χ1n) is 24.3. The third kappa shape index (κ3) is 20.8. The van der Waals surface area contributed by atoms with Crippen molar-refractivity contribution < 1.29 is 42.8 Å². The van der Waals surface area contributed by atoms with Crippen molar-refractivity contribution in [1.29, 1.82) is 0 Å². The van der Waals surface area contributed by atoms with Gasteiger partial charge in [0, 0.05) is 74.7 Å². The Morgan fingerprint density at radius 3 is 0.917 bits per heavy atom. The van der Waals surface area contributed by atoms with Gasteiger partial charge in [0.1, 0.15) is 47.4 Å². The van der Waals surface area contributed by atoms with E-state index in [1.165, 1.54) is 0 Å². The summed E-state index contributed by atoms with van der Waals surface area (Å²) in [6.07, 6.45) is 9.80. The van der Waals surface area contributed by atoms with Crippen molar-refractivity contribution in [3.63, 3.8) is 0 Å². The summed E-state index contributed by atoms with van der Waals surface area (Å²) < 4.78 is 37.2. The summed E-state index contributed by atoms with van der Waals surface area (Å²) in [7, 11) is 4.67. The molecule has 0 bridgehead atoms. The van der Waals surface area contributed by atoms with E-state index in [-0.39, 0.29) is 28.2 Å². The van der Waals surface area contributed by atoms with Crippen LogP contribution in [0.5, 0.6) is 0 Å². The Bertz CT molecular complexity index is 1870. The molecule has 406 valence electrons. The van der Waals surface area contributed by atoms with Crippen LogP contribution in [-0.2, 0) is 45.2 Å². The second-order valence-electron chi connectivity index (χ2n) is 20.4. The molecule has 3 saturated heterocycles. The summed E-state index contributed by atoms with van der Waals surface area (Å²) in [4.78, 5) is 55.4. The summed E-state index contributed by atoms with van der Waals surface area (Å²) in [5.74, 6) is 0. The van der Waals surface area contributed by atoms with Crippen LogP contribution in [-0.4, -0.2) is 124 Å². The summed E-state index contributed by atoms with van der Waals surface area (Å²) >= 11 is 10.1. The Balaban J connectivity index is 0.000000361. The lowest BCUT2D eigenvalue weighted by molar-refractivity contribution is -0.0925. The van der Waals surface area contributed by atoms with Crippen molar-refractivity contribution >= 4 is 93.8 Å². The number of carbonyl (C=O) groups excluding carboxylic acids is 3. The normalized spacial score (nSPS) is 21.2. The molecular formula is C51H82Br3N6O9P3. The van der Waals surface area contributed by atoms with Gasteiger partial charge in [-0.05, 0) is 188 Å². The fourth-order valence-electron chi connectivity index (χ4n) is 8.59. The highest BCUT2D eigenvalue weighted by atomic mass is 79.9. The van der Waals surface area contributed by atoms with Crippen LogP contribution in [0.15, 0.2) is 68.8 Å². The second-order valence-corrected chi connectivity index (χ2v) is 22.8. The molecule has 3 aliphatic heterocycles. The number of nitrogens with zero attached hydrogens (tertiary/aromatic N) is 6. The van der Waals surface area contributed by atoms with Gasteiger partial charge in [-0.25, -0.2) is 29.3 Å². The third-order valence-corrected chi connectivity index (χ3v) is 12.7. The number of amides is 3. The average Bonchev–Trinajstić information content (AvgIpc) is 3.29. The first kappa shape index (κ1) is 66.0. The molecule has 21 heteroatoms. The second kappa shape index (κ2) is 30.0. The van der Waals surface area contributed by atoms with Crippen LogP contribution in [0.3, 0.4) is 0 Å². The first-order valence-corrected chi connectivity index (χ1v) is 29.4. The number of pyridine rings is 3. The zero-order valence-corrected chi connectivity index (χ0v) is 53.1. The Kier molecular flexibility index (Phi) is 27.5.